The zero-order valence-corrected chi connectivity index (χ0v) is 11.8. The van der Waals surface area contributed by atoms with Crippen molar-refractivity contribution in [3.63, 3.8) is 0 Å². The molecule has 1 nitrogen and oxygen atoms in total. The van der Waals surface area contributed by atoms with Gasteiger partial charge in [0.25, 0.3) is 0 Å². The van der Waals surface area contributed by atoms with Crippen molar-refractivity contribution in [2.45, 2.75) is 38.8 Å². The highest BCUT2D eigenvalue weighted by Gasteiger charge is 2.53. The number of hydrogen-bond donors (Lipinski definition) is 0. The molecule has 0 N–H and O–H groups in total. The number of rotatable bonds is 2. The maximum atomic E-state index is 2.72. The van der Waals surface area contributed by atoms with E-state index in [0.29, 0.717) is 5.41 Å². The van der Waals surface area contributed by atoms with Gasteiger partial charge in [-0.2, -0.15) is 0 Å². The van der Waals surface area contributed by atoms with Crippen molar-refractivity contribution in [3.8, 4) is 0 Å². The Kier molecular flexibility index (Phi) is 2.46. The Hall–Kier alpha value is -0.600. The molecule has 1 spiro atoms. The molecule has 2 fully saturated rings. The van der Waals surface area contributed by atoms with Gasteiger partial charge < -0.3 is 0 Å². The van der Waals surface area contributed by atoms with Crippen LogP contribution in [0.15, 0.2) is 29.7 Å². The Bertz CT molecular complexity index is 463. The lowest BCUT2D eigenvalue weighted by atomic mass is 9.74. The average molecular weight is 259 g/mol. The van der Waals surface area contributed by atoms with Crippen LogP contribution in [0.5, 0.6) is 0 Å². The summed E-state index contributed by atoms with van der Waals surface area (Å²) in [5, 5.41) is 2.20. The zero-order valence-electron chi connectivity index (χ0n) is 11.0. The normalized spacial score (nSPS) is 42.4. The molecule has 2 heteroatoms. The van der Waals surface area contributed by atoms with Gasteiger partial charge in [0.15, 0.2) is 0 Å². The SMILES string of the molecule is CC1CC2(C[C@H]3C=C[C@@H]2C3)CN1Cc1cccs1. The molecule has 96 valence electrons. The van der Waals surface area contributed by atoms with Crippen LogP contribution in [-0.2, 0) is 6.54 Å². The van der Waals surface area contributed by atoms with Gasteiger partial charge in [-0.15, -0.1) is 11.3 Å². The summed E-state index contributed by atoms with van der Waals surface area (Å²) in [4.78, 5) is 4.25. The molecule has 0 radical (unpaired) electrons. The van der Waals surface area contributed by atoms with E-state index in [1.54, 1.807) is 0 Å². The largest absolute Gasteiger partial charge is 0.295 e. The molecule has 1 aromatic heterocycles. The van der Waals surface area contributed by atoms with Gasteiger partial charge in [-0.05, 0) is 54.9 Å². The summed E-state index contributed by atoms with van der Waals surface area (Å²) in [6, 6.07) is 5.22. The summed E-state index contributed by atoms with van der Waals surface area (Å²) >= 11 is 1.90. The molecule has 2 heterocycles. The minimum absolute atomic E-state index is 0.635. The van der Waals surface area contributed by atoms with Crippen molar-refractivity contribution < 1.29 is 0 Å². The van der Waals surface area contributed by atoms with E-state index in [9.17, 15) is 0 Å². The number of hydrogen-bond acceptors (Lipinski definition) is 2. The molecule has 2 unspecified atom stereocenters. The number of allylic oxidation sites excluding steroid dienone is 2. The molecule has 3 aliphatic rings. The summed E-state index contributed by atoms with van der Waals surface area (Å²) in [6.07, 6.45) is 9.32. The quantitative estimate of drug-likeness (QED) is 0.728. The zero-order chi connectivity index (χ0) is 12.2. The number of thiophene rings is 1. The second-order valence-electron chi connectivity index (χ2n) is 6.59. The van der Waals surface area contributed by atoms with Crippen molar-refractivity contribution in [2.75, 3.05) is 6.54 Å². The number of fused-ring (bicyclic) bond motifs is 3. The molecule has 1 saturated carbocycles. The highest BCUT2D eigenvalue weighted by atomic mass is 32.1. The van der Waals surface area contributed by atoms with E-state index >= 15 is 0 Å². The minimum atomic E-state index is 0.635. The predicted octanol–water partition coefficient (Wildman–Crippen LogP) is 3.92. The number of likely N-dealkylation sites (tertiary alicyclic amines) is 1. The first-order valence-electron chi connectivity index (χ1n) is 7.20. The molecule has 18 heavy (non-hydrogen) atoms. The smallest absolute Gasteiger partial charge is 0.0330 e. The third kappa shape index (κ3) is 1.62. The Morgan fingerprint density at radius 2 is 2.33 bits per heavy atom. The lowest BCUT2D eigenvalue weighted by Gasteiger charge is -2.31. The molecule has 1 saturated heterocycles. The van der Waals surface area contributed by atoms with Crippen LogP contribution in [0.3, 0.4) is 0 Å². The summed E-state index contributed by atoms with van der Waals surface area (Å²) in [7, 11) is 0. The summed E-state index contributed by atoms with van der Waals surface area (Å²) in [5.41, 5.74) is 0.635. The maximum Gasteiger partial charge on any atom is 0.0330 e. The van der Waals surface area contributed by atoms with Crippen molar-refractivity contribution in [1.29, 1.82) is 0 Å². The van der Waals surface area contributed by atoms with E-state index in [2.05, 4.69) is 41.5 Å². The Morgan fingerprint density at radius 1 is 1.39 bits per heavy atom. The van der Waals surface area contributed by atoms with Crippen molar-refractivity contribution >= 4 is 11.3 Å². The molecular formula is C16H21NS. The molecule has 4 atom stereocenters. The molecule has 0 amide bonds. The second-order valence-corrected chi connectivity index (χ2v) is 7.62. The van der Waals surface area contributed by atoms with Crippen LogP contribution in [-0.4, -0.2) is 17.5 Å². The average Bonchev–Trinajstić information content (AvgIpc) is 3.05. The molecule has 4 rings (SSSR count). The molecule has 1 aromatic rings. The fourth-order valence-corrected chi connectivity index (χ4v) is 5.36. The fourth-order valence-electron chi connectivity index (χ4n) is 4.63. The van der Waals surface area contributed by atoms with Crippen LogP contribution in [0, 0.1) is 17.3 Å². The lowest BCUT2D eigenvalue weighted by Crippen LogP contribution is -2.31. The first-order valence-corrected chi connectivity index (χ1v) is 8.08. The Morgan fingerprint density at radius 3 is 3.00 bits per heavy atom. The number of nitrogens with zero attached hydrogens (tertiary/aromatic N) is 1. The molecule has 2 bridgehead atoms. The Balaban J connectivity index is 1.53. The van der Waals surface area contributed by atoms with Gasteiger partial charge in [-0.1, -0.05) is 18.2 Å². The van der Waals surface area contributed by atoms with E-state index < -0.39 is 0 Å². The van der Waals surface area contributed by atoms with Gasteiger partial charge in [-0.3, -0.25) is 4.90 Å². The summed E-state index contributed by atoms with van der Waals surface area (Å²) < 4.78 is 0. The molecule has 2 aliphatic carbocycles. The van der Waals surface area contributed by atoms with Crippen molar-refractivity contribution in [2.24, 2.45) is 17.3 Å². The second kappa shape index (κ2) is 3.94. The van der Waals surface area contributed by atoms with Gasteiger partial charge in [0.05, 0.1) is 0 Å². The minimum Gasteiger partial charge on any atom is -0.295 e. The standard InChI is InChI=1S/C16H21NS/c1-12-8-16(9-13-4-5-14(16)7-13)11-17(12)10-15-3-2-6-18-15/h2-6,12-14H,7-11H2,1H3/t12?,13-,14+,16?/m0/s1. The molecular weight excluding hydrogens is 238 g/mol. The van der Waals surface area contributed by atoms with Crippen LogP contribution < -0.4 is 0 Å². The monoisotopic (exact) mass is 259 g/mol. The maximum absolute atomic E-state index is 2.72. The Labute approximate surface area is 114 Å². The lowest BCUT2D eigenvalue weighted by molar-refractivity contribution is 0.206. The van der Waals surface area contributed by atoms with Crippen LogP contribution in [0.1, 0.15) is 31.1 Å². The van der Waals surface area contributed by atoms with Crippen LogP contribution in [0.2, 0.25) is 0 Å². The topological polar surface area (TPSA) is 3.24 Å². The highest BCUT2D eigenvalue weighted by Crippen LogP contribution is 2.57. The summed E-state index contributed by atoms with van der Waals surface area (Å²) in [6.45, 7) is 4.93. The third-order valence-corrected chi connectivity index (χ3v) is 6.27. The van der Waals surface area contributed by atoms with Gasteiger partial charge in [0.2, 0.25) is 0 Å². The highest BCUT2D eigenvalue weighted by molar-refractivity contribution is 7.09. The van der Waals surface area contributed by atoms with E-state index in [1.807, 2.05) is 11.3 Å². The molecule has 1 aliphatic heterocycles. The van der Waals surface area contributed by atoms with Gasteiger partial charge in [0.1, 0.15) is 0 Å². The third-order valence-electron chi connectivity index (χ3n) is 5.41. The van der Waals surface area contributed by atoms with Gasteiger partial charge >= 0.3 is 0 Å². The first-order chi connectivity index (χ1) is 8.75. The van der Waals surface area contributed by atoms with Crippen LogP contribution >= 0.6 is 11.3 Å². The van der Waals surface area contributed by atoms with E-state index in [0.717, 1.165) is 17.9 Å². The molecule has 0 aromatic carbocycles. The van der Waals surface area contributed by atoms with Crippen LogP contribution in [0.25, 0.3) is 0 Å². The van der Waals surface area contributed by atoms with E-state index in [1.165, 1.54) is 37.2 Å². The van der Waals surface area contributed by atoms with Gasteiger partial charge in [-0.25, -0.2) is 0 Å². The van der Waals surface area contributed by atoms with E-state index in [-0.39, 0.29) is 0 Å². The van der Waals surface area contributed by atoms with Crippen molar-refractivity contribution in [3.05, 3.63) is 34.5 Å². The summed E-state index contributed by atoms with van der Waals surface area (Å²) in [5.74, 6) is 1.79. The van der Waals surface area contributed by atoms with E-state index in [4.69, 9.17) is 0 Å². The van der Waals surface area contributed by atoms with Crippen LogP contribution in [0.4, 0.5) is 0 Å². The van der Waals surface area contributed by atoms with Crippen molar-refractivity contribution in [1.82, 2.24) is 4.90 Å². The van der Waals surface area contributed by atoms with Gasteiger partial charge in [0, 0.05) is 24.0 Å². The first kappa shape index (κ1) is 11.2. The predicted molar refractivity (Wildman–Crippen MR) is 76.6 cm³/mol. The fraction of sp³-hybridized carbons (Fsp3) is 0.625.